The van der Waals surface area contributed by atoms with E-state index >= 15 is 0 Å². The monoisotopic (exact) mass is 303 g/mol. The second-order valence-electron chi connectivity index (χ2n) is 6.95. The fourth-order valence-electron chi connectivity index (χ4n) is 3.40. The van der Waals surface area contributed by atoms with Crippen LogP contribution < -0.4 is 0 Å². The van der Waals surface area contributed by atoms with Crippen LogP contribution in [0.2, 0.25) is 0 Å². The molecule has 0 radical (unpaired) electrons. The van der Waals surface area contributed by atoms with Gasteiger partial charge in [0.15, 0.2) is 0 Å². The molecular weight excluding hydrogens is 274 g/mol. The standard InChI is InChI=1S/C19H29NO2/c1-2-3-4-18-13-20(14-19(22-18)16-7-8-16)12-11-15-5-9-17(21)10-6-15/h5-6,9-10,16,18-19,21H,2-4,7-8,11-14H2,1H3/t18-,19-/m1/s1. The molecule has 0 amide bonds. The number of morpholine rings is 1. The van der Waals surface area contributed by atoms with Crippen LogP contribution in [0.1, 0.15) is 44.6 Å². The number of benzene rings is 1. The number of nitrogens with zero attached hydrogens (tertiary/aromatic N) is 1. The minimum Gasteiger partial charge on any atom is -0.508 e. The fraction of sp³-hybridized carbons (Fsp3) is 0.684. The van der Waals surface area contributed by atoms with Gasteiger partial charge in [-0.3, -0.25) is 4.90 Å². The first-order valence-electron chi connectivity index (χ1n) is 8.90. The third-order valence-electron chi connectivity index (χ3n) is 4.95. The molecule has 0 unspecified atom stereocenters. The van der Waals surface area contributed by atoms with Gasteiger partial charge in [0.25, 0.3) is 0 Å². The lowest BCUT2D eigenvalue weighted by Gasteiger charge is -2.38. The molecule has 0 bridgehead atoms. The van der Waals surface area contributed by atoms with Gasteiger partial charge in [0.2, 0.25) is 0 Å². The maximum atomic E-state index is 9.37. The van der Waals surface area contributed by atoms with Crippen molar-refractivity contribution in [3.05, 3.63) is 29.8 Å². The Balaban J connectivity index is 1.52. The Morgan fingerprint density at radius 1 is 1.18 bits per heavy atom. The highest BCUT2D eigenvalue weighted by Gasteiger charge is 2.37. The van der Waals surface area contributed by atoms with E-state index in [1.807, 2.05) is 12.1 Å². The molecular formula is C19H29NO2. The quantitative estimate of drug-likeness (QED) is 0.835. The van der Waals surface area contributed by atoms with E-state index in [0.717, 1.165) is 32.0 Å². The van der Waals surface area contributed by atoms with Crippen molar-refractivity contribution < 1.29 is 9.84 Å². The molecule has 22 heavy (non-hydrogen) atoms. The molecule has 1 aromatic rings. The van der Waals surface area contributed by atoms with Crippen LogP contribution in [0.5, 0.6) is 5.75 Å². The second-order valence-corrected chi connectivity index (χ2v) is 6.95. The highest BCUT2D eigenvalue weighted by atomic mass is 16.5. The number of hydrogen-bond acceptors (Lipinski definition) is 3. The van der Waals surface area contributed by atoms with Gasteiger partial charge in [-0.1, -0.05) is 31.9 Å². The van der Waals surface area contributed by atoms with Crippen molar-refractivity contribution >= 4 is 0 Å². The molecule has 2 atom stereocenters. The Morgan fingerprint density at radius 2 is 1.95 bits per heavy atom. The number of ether oxygens (including phenoxy) is 1. The minimum absolute atomic E-state index is 0.351. The van der Waals surface area contributed by atoms with Crippen molar-refractivity contribution in [2.75, 3.05) is 19.6 Å². The fourth-order valence-corrected chi connectivity index (χ4v) is 3.40. The van der Waals surface area contributed by atoms with E-state index in [2.05, 4.69) is 11.8 Å². The molecule has 0 spiro atoms. The number of hydrogen-bond donors (Lipinski definition) is 1. The van der Waals surface area contributed by atoms with Crippen molar-refractivity contribution in [1.82, 2.24) is 4.90 Å². The summed E-state index contributed by atoms with van der Waals surface area (Å²) in [5.41, 5.74) is 1.30. The summed E-state index contributed by atoms with van der Waals surface area (Å²) in [6.45, 7) is 5.54. The highest BCUT2D eigenvalue weighted by Crippen LogP contribution is 2.37. The zero-order valence-electron chi connectivity index (χ0n) is 13.7. The number of rotatable bonds is 7. The number of unbranched alkanes of at least 4 members (excludes halogenated alkanes) is 1. The molecule has 1 N–H and O–H groups in total. The van der Waals surface area contributed by atoms with Crippen LogP contribution in [-0.4, -0.2) is 41.8 Å². The zero-order valence-corrected chi connectivity index (χ0v) is 13.7. The van der Waals surface area contributed by atoms with Gasteiger partial charge in [0.1, 0.15) is 5.75 Å². The predicted octanol–water partition coefficient (Wildman–Crippen LogP) is 3.60. The van der Waals surface area contributed by atoms with Gasteiger partial charge < -0.3 is 9.84 Å². The number of phenolic OH excluding ortho intramolecular Hbond substituents is 1. The maximum Gasteiger partial charge on any atom is 0.115 e. The lowest BCUT2D eigenvalue weighted by atomic mass is 10.1. The van der Waals surface area contributed by atoms with Crippen LogP contribution in [0.4, 0.5) is 0 Å². The SMILES string of the molecule is CCCC[C@@H]1CN(CCc2ccc(O)cc2)C[C@H](C2CC2)O1. The van der Waals surface area contributed by atoms with Gasteiger partial charge >= 0.3 is 0 Å². The first-order chi connectivity index (χ1) is 10.7. The molecule has 2 aliphatic rings. The van der Waals surface area contributed by atoms with E-state index in [0.29, 0.717) is 18.0 Å². The first-order valence-corrected chi connectivity index (χ1v) is 8.90. The molecule has 1 aliphatic carbocycles. The molecule has 1 saturated carbocycles. The van der Waals surface area contributed by atoms with Crippen LogP contribution in [0, 0.1) is 5.92 Å². The van der Waals surface area contributed by atoms with Gasteiger partial charge in [-0.25, -0.2) is 0 Å². The molecule has 3 nitrogen and oxygen atoms in total. The van der Waals surface area contributed by atoms with Crippen LogP contribution in [0.25, 0.3) is 0 Å². The molecule has 1 aromatic carbocycles. The van der Waals surface area contributed by atoms with Crippen LogP contribution in [0.15, 0.2) is 24.3 Å². The first kappa shape index (κ1) is 15.8. The summed E-state index contributed by atoms with van der Waals surface area (Å²) in [5, 5.41) is 9.37. The third kappa shape index (κ3) is 4.47. The lowest BCUT2D eigenvalue weighted by molar-refractivity contribution is -0.0967. The van der Waals surface area contributed by atoms with Crippen molar-refractivity contribution in [2.45, 2.75) is 57.7 Å². The van der Waals surface area contributed by atoms with Crippen molar-refractivity contribution in [2.24, 2.45) is 5.92 Å². The van der Waals surface area contributed by atoms with Gasteiger partial charge in [0.05, 0.1) is 12.2 Å². The van der Waals surface area contributed by atoms with E-state index in [-0.39, 0.29) is 0 Å². The van der Waals surface area contributed by atoms with E-state index in [1.165, 1.54) is 37.7 Å². The number of aromatic hydroxyl groups is 1. The lowest BCUT2D eigenvalue weighted by Crippen LogP contribution is -2.49. The predicted molar refractivity (Wildman–Crippen MR) is 89.2 cm³/mol. The highest BCUT2D eigenvalue weighted by molar-refractivity contribution is 5.26. The summed E-state index contributed by atoms with van der Waals surface area (Å²) in [5.74, 6) is 1.17. The summed E-state index contributed by atoms with van der Waals surface area (Å²) in [4.78, 5) is 2.60. The molecule has 0 aromatic heterocycles. The Morgan fingerprint density at radius 3 is 2.64 bits per heavy atom. The molecule has 122 valence electrons. The molecule has 3 rings (SSSR count). The van der Waals surface area contributed by atoms with Crippen LogP contribution in [0.3, 0.4) is 0 Å². The summed E-state index contributed by atoms with van der Waals surface area (Å²) in [6, 6.07) is 7.63. The van der Waals surface area contributed by atoms with E-state index in [4.69, 9.17) is 4.74 Å². The average molecular weight is 303 g/mol. The van der Waals surface area contributed by atoms with E-state index in [1.54, 1.807) is 12.1 Å². The van der Waals surface area contributed by atoms with Crippen molar-refractivity contribution in [1.29, 1.82) is 0 Å². The second kappa shape index (κ2) is 7.47. The van der Waals surface area contributed by atoms with E-state index in [9.17, 15) is 5.11 Å². The molecule has 3 heteroatoms. The van der Waals surface area contributed by atoms with Gasteiger partial charge in [0, 0.05) is 19.6 Å². The van der Waals surface area contributed by atoms with Gasteiger partial charge in [-0.2, -0.15) is 0 Å². The Kier molecular flexibility index (Phi) is 5.37. The largest absolute Gasteiger partial charge is 0.508 e. The van der Waals surface area contributed by atoms with Gasteiger partial charge in [-0.05, 0) is 49.3 Å². The number of phenols is 1. The molecule has 1 saturated heterocycles. The maximum absolute atomic E-state index is 9.37. The van der Waals surface area contributed by atoms with Crippen LogP contribution >= 0.6 is 0 Å². The summed E-state index contributed by atoms with van der Waals surface area (Å²) < 4.78 is 6.34. The van der Waals surface area contributed by atoms with E-state index < -0.39 is 0 Å². The Bertz CT molecular complexity index is 455. The third-order valence-corrected chi connectivity index (χ3v) is 4.95. The smallest absolute Gasteiger partial charge is 0.115 e. The van der Waals surface area contributed by atoms with Gasteiger partial charge in [-0.15, -0.1) is 0 Å². The van der Waals surface area contributed by atoms with Crippen molar-refractivity contribution in [3.8, 4) is 5.75 Å². The summed E-state index contributed by atoms with van der Waals surface area (Å²) in [6.07, 6.45) is 8.39. The zero-order chi connectivity index (χ0) is 15.4. The summed E-state index contributed by atoms with van der Waals surface area (Å²) >= 11 is 0. The normalized spacial score (nSPS) is 26.2. The average Bonchev–Trinajstić information content (AvgIpc) is 3.37. The Hall–Kier alpha value is -1.06. The summed E-state index contributed by atoms with van der Waals surface area (Å²) in [7, 11) is 0. The molecule has 1 heterocycles. The Labute approximate surface area is 134 Å². The topological polar surface area (TPSA) is 32.7 Å². The molecule has 2 fully saturated rings. The minimum atomic E-state index is 0.351. The van der Waals surface area contributed by atoms with Crippen molar-refractivity contribution in [3.63, 3.8) is 0 Å². The van der Waals surface area contributed by atoms with Crippen LogP contribution in [-0.2, 0) is 11.2 Å². The molecule has 1 aliphatic heterocycles.